The molecule has 8 nitrogen and oxygen atoms in total. The van der Waals surface area contributed by atoms with E-state index >= 15 is 0 Å². The van der Waals surface area contributed by atoms with Crippen molar-refractivity contribution in [2.24, 2.45) is 0 Å². The molecule has 0 spiro atoms. The molecule has 2 unspecified atom stereocenters. The van der Waals surface area contributed by atoms with Gasteiger partial charge in [0.2, 0.25) is 0 Å². The molecule has 0 amide bonds. The fourth-order valence-corrected chi connectivity index (χ4v) is 21.9. The second kappa shape index (κ2) is 43.2. The normalized spacial score (nSPS) is 11.0. The number of aromatic nitrogens is 8. The van der Waals surface area contributed by atoms with Gasteiger partial charge in [0, 0.05) is 89.2 Å². The van der Waals surface area contributed by atoms with Gasteiger partial charge in [-0.2, -0.15) is 0 Å². The molecule has 0 aliphatic carbocycles. The summed E-state index contributed by atoms with van der Waals surface area (Å²) in [6, 6.07) is 104. The Morgan fingerprint density at radius 1 is 0.150 bits per heavy atom. The largest absolute Gasteiger partial charge is 0.256 e. The minimum atomic E-state index is -0.823. The molecule has 0 aliphatic rings. The Morgan fingerprint density at radius 2 is 0.319 bits per heavy atom. The first-order chi connectivity index (χ1) is 55.6. The molecule has 13 heteroatoms. The second-order valence-electron chi connectivity index (χ2n) is 24.7. The first-order valence-corrected chi connectivity index (χ1v) is 43.1. The van der Waals surface area contributed by atoms with Gasteiger partial charge in [0.05, 0.1) is 43.5 Å². The molecule has 550 valence electrons. The van der Waals surface area contributed by atoms with Crippen LogP contribution < -0.4 is 80.6 Å². The maximum atomic E-state index is 4.67. The third-order valence-corrected chi connectivity index (χ3v) is 28.9. The van der Waals surface area contributed by atoms with Gasteiger partial charge in [0.15, 0.2) is 0 Å². The molecule has 7 aromatic carbocycles. The maximum absolute atomic E-state index is 4.67. The first-order valence-electron chi connectivity index (χ1n) is 36.4. The van der Waals surface area contributed by atoms with Crippen LogP contribution in [0.3, 0.4) is 0 Å². The van der Waals surface area contributed by atoms with Gasteiger partial charge in [-0.1, -0.05) is 338 Å². The van der Waals surface area contributed by atoms with Crippen LogP contribution in [-0.4, -0.2) is 39.9 Å². The molecule has 2 atom stereocenters. The molecule has 0 saturated heterocycles. The van der Waals surface area contributed by atoms with E-state index < -0.39 is 39.6 Å². The maximum Gasteiger partial charge on any atom is 0.0737 e. The first kappa shape index (κ1) is 81.5. The highest BCUT2D eigenvalue weighted by atomic mass is 31.1. The van der Waals surface area contributed by atoms with Crippen LogP contribution in [-0.2, 0) is 0 Å². The van der Waals surface area contributed by atoms with E-state index in [1.165, 1.54) is 37.1 Å². The summed E-state index contributed by atoms with van der Waals surface area (Å²) in [7, 11) is -3.58. The molecular weight excluding hydrogens is 1470 g/mol. The molecule has 8 heterocycles. The standard InChI is InChI=1S/C22H19N2P.C21H18NP.C20H17N2P.C19H16NP.C18H15N2P/c1-4-17-7-11-20(12-8-17)25(21-13-9-18(5-2)15-23-21)22-14-10-19(6-3)16-24-22;1-3-17-8-12-19(13-9-17)23(21-7-5-6-16-22-21)20-14-10-18(4-2)11-15-20;1-3-16-8-11-18(12-9-16)23(19-7-5-6-14-21-19)20-13-10-17(4-2)15-22-20;1-2-16-11-13-18(14-12-16)21(17-8-4-3-5-9-17)19-10-6-7-15-20-19;1-2-15-9-11-16(12-10-15)21(17-7-3-5-13-19-17)18-8-4-6-14-20-18/h4-16H,1-3H2;3-16H,1-2H2;3-15H,1-2H2;2-15H,1H2;2-14H,1H2. The summed E-state index contributed by atoms with van der Waals surface area (Å²) in [5, 5.41) is 8.87. The summed E-state index contributed by atoms with van der Waals surface area (Å²) < 4.78 is 0. The molecule has 0 bridgehead atoms. The Labute approximate surface area is 672 Å². The lowest BCUT2D eigenvalue weighted by atomic mass is 10.2. The van der Waals surface area contributed by atoms with Gasteiger partial charge in [-0.25, -0.2) is 0 Å². The molecular formula is C100H85N8P5. The minimum absolute atomic E-state index is 0.609. The number of hydrogen-bond donors (Lipinski definition) is 0. The fourth-order valence-electron chi connectivity index (χ4n) is 11.5. The lowest BCUT2D eigenvalue weighted by Crippen LogP contribution is -2.24. The van der Waals surface area contributed by atoms with Crippen LogP contribution in [0.25, 0.3) is 54.7 Å². The Hall–Kier alpha value is -12.5. The number of pyridine rings is 8. The predicted octanol–water partition coefficient (Wildman–Crippen LogP) is 18.2. The SMILES string of the molecule is C=Cc1ccc(P(c2ccc(C=C)cc2)c2ccccn2)cc1.C=Cc1ccc(P(c2ccc(C=C)cn2)c2ccc(C=C)cn2)cc1.C=Cc1ccc(P(c2ccccc2)c2ccccn2)cc1.C=Cc1ccc(P(c2ccccn2)c2ccc(C=C)cn2)cc1.C=Cc1ccc(P(c2ccccn2)c2ccccn2)cc1. The van der Waals surface area contributed by atoms with Crippen LogP contribution in [0.1, 0.15) is 50.1 Å². The molecule has 15 rings (SSSR count). The van der Waals surface area contributed by atoms with E-state index in [1.54, 1.807) is 18.2 Å². The summed E-state index contributed by atoms with van der Waals surface area (Å²) in [4.78, 5) is 36.8. The minimum Gasteiger partial charge on any atom is -0.256 e. The topological polar surface area (TPSA) is 103 Å². The third kappa shape index (κ3) is 22.9. The van der Waals surface area contributed by atoms with Crippen molar-refractivity contribution in [1.82, 2.24) is 39.9 Å². The molecule has 8 aromatic heterocycles. The van der Waals surface area contributed by atoms with E-state index in [1.807, 2.05) is 159 Å². The fraction of sp³-hybridized carbons (Fsp3) is 0. The van der Waals surface area contributed by atoms with Crippen molar-refractivity contribution >= 4 is 175 Å². The smallest absolute Gasteiger partial charge is 0.0737 e. The van der Waals surface area contributed by atoms with Gasteiger partial charge in [0.1, 0.15) is 0 Å². The van der Waals surface area contributed by atoms with Crippen molar-refractivity contribution < 1.29 is 0 Å². The van der Waals surface area contributed by atoms with Crippen molar-refractivity contribution in [2.45, 2.75) is 0 Å². The van der Waals surface area contributed by atoms with E-state index in [-0.39, 0.29) is 0 Å². The van der Waals surface area contributed by atoms with Gasteiger partial charge < -0.3 is 0 Å². The summed E-state index contributed by atoms with van der Waals surface area (Å²) in [5.41, 5.74) is 18.3. The zero-order valence-electron chi connectivity index (χ0n) is 62.9. The molecule has 113 heavy (non-hydrogen) atoms. The van der Waals surface area contributed by atoms with Crippen LogP contribution in [0.5, 0.6) is 0 Å². The highest BCUT2D eigenvalue weighted by Crippen LogP contribution is 2.36. The number of benzene rings is 7. The van der Waals surface area contributed by atoms with Crippen molar-refractivity contribution in [3.05, 3.63) is 462 Å². The Bertz CT molecular complexity index is 4920. The quantitative estimate of drug-likeness (QED) is 0.0551. The summed E-state index contributed by atoms with van der Waals surface area (Å²) >= 11 is 0. The lowest BCUT2D eigenvalue weighted by Gasteiger charge is -2.18. The van der Waals surface area contributed by atoms with Gasteiger partial charge in [-0.05, 0) is 166 Å². The van der Waals surface area contributed by atoms with E-state index in [0.717, 1.165) is 93.6 Å². The lowest BCUT2D eigenvalue weighted by molar-refractivity contribution is 1.36. The van der Waals surface area contributed by atoms with Gasteiger partial charge in [-0.15, -0.1) is 0 Å². The predicted molar refractivity (Wildman–Crippen MR) is 499 cm³/mol. The van der Waals surface area contributed by atoms with Crippen LogP contribution >= 0.6 is 39.6 Å². The van der Waals surface area contributed by atoms with E-state index in [0.29, 0.717) is 0 Å². The monoisotopic (exact) mass is 1550 g/mol. The molecule has 0 N–H and O–H groups in total. The van der Waals surface area contributed by atoms with Gasteiger partial charge in [-0.3, -0.25) is 39.9 Å². The summed E-state index contributed by atoms with van der Waals surface area (Å²) in [6.07, 6.45) is 31.4. The average molecular weight is 1550 g/mol. The van der Waals surface area contributed by atoms with Crippen LogP contribution in [0.15, 0.2) is 412 Å². The van der Waals surface area contributed by atoms with E-state index in [9.17, 15) is 0 Å². The van der Waals surface area contributed by atoms with Crippen molar-refractivity contribution in [2.75, 3.05) is 0 Å². The Kier molecular flexibility index (Phi) is 31.2. The number of hydrogen-bond acceptors (Lipinski definition) is 8. The summed E-state index contributed by atoms with van der Waals surface area (Å²) in [6.45, 7) is 34.3. The average Bonchev–Trinajstić information content (AvgIpc) is 0.859. The highest BCUT2D eigenvalue weighted by molar-refractivity contribution is 7.81. The Morgan fingerprint density at radius 3 is 0.496 bits per heavy atom. The van der Waals surface area contributed by atoms with Gasteiger partial charge in [0.25, 0.3) is 0 Å². The van der Waals surface area contributed by atoms with Crippen molar-refractivity contribution in [1.29, 1.82) is 0 Å². The number of nitrogens with zero attached hydrogens (tertiary/aromatic N) is 8. The molecule has 0 radical (unpaired) electrons. The third-order valence-electron chi connectivity index (χ3n) is 17.4. The zero-order chi connectivity index (χ0) is 78.8. The molecule has 0 aliphatic heterocycles. The van der Waals surface area contributed by atoms with Crippen LogP contribution in [0.2, 0.25) is 0 Å². The second-order valence-corrected chi connectivity index (χ2v) is 35.3. The number of rotatable bonds is 24. The zero-order valence-corrected chi connectivity index (χ0v) is 67.3. The molecule has 0 fully saturated rings. The van der Waals surface area contributed by atoms with E-state index in [2.05, 4.69) is 330 Å². The van der Waals surface area contributed by atoms with Crippen molar-refractivity contribution in [3.63, 3.8) is 0 Å². The Balaban J connectivity index is 0.000000140. The summed E-state index contributed by atoms with van der Waals surface area (Å²) in [5.74, 6) is 0. The van der Waals surface area contributed by atoms with Gasteiger partial charge >= 0.3 is 0 Å². The molecule has 0 saturated carbocycles. The highest BCUT2D eigenvalue weighted by Gasteiger charge is 2.24. The van der Waals surface area contributed by atoms with E-state index in [4.69, 9.17) is 0 Å². The van der Waals surface area contributed by atoms with Crippen molar-refractivity contribution in [3.8, 4) is 0 Å². The van der Waals surface area contributed by atoms with Crippen LogP contribution in [0.4, 0.5) is 0 Å². The molecule has 15 aromatic rings. The van der Waals surface area contributed by atoms with Crippen LogP contribution in [0, 0.1) is 0 Å².